The molecule has 0 heterocycles. The molecular formula is C97H143Br2Cl2F2N2NaO5. The molecule has 0 bridgehead atoms. The van der Waals surface area contributed by atoms with Crippen LogP contribution in [-0.2, 0) is 4.89 Å². The Morgan fingerprint density at radius 3 is 1.10 bits per heavy atom. The Hall–Kier alpha value is -5.58. The van der Waals surface area contributed by atoms with Crippen molar-refractivity contribution in [2.45, 2.75) is 257 Å². The number of hydrogen-bond donors (Lipinski definition) is 4. The molecule has 0 saturated carbocycles. The van der Waals surface area contributed by atoms with Crippen LogP contribution in [0.1, 0.15) is 293 Å². The van der Waals surface area contributed by atoms with Gasteiger partial charge in [-0.15, -0.1) is 0 Å². The summed E-state index contributed by atoms with van der Waals surface area (Å²) in [5.74, 6) is 4.25. The van der Waals surface area contributed by atoms with E-state index in [0.717, 1.165) is 27.3 Å². The second-order valence-electron chi connectivity index (χ2n) is 28.1. The van der Waals surface area contributed by atoms with Crippen molar-refractivity contribution in [3.8, 4) is 12.1 Å². The van der Waals surface area contributed by atoms with Crippen molar-refractivity contribution in [3.05, 3.63) is 298 Å². The number of halogens is 6. The molecule has 0 fully saturated rings. The molecule has 111 heavy (non-hydrogen) atoms. The van der Waals surface area contributed by atoms with Crippen LogP contribution in [0.15, 0.2) is 168 Å². The molecule has 0 unspecified atom stereocenters. The second kappa shape index (κ2) is 68.8. The van der Waals surface area contributed by atoms with Crippen molar-refractivity contribution in [2.75, 3.05) is 24.8 Å². The van der Waals surface area contributed by atoms with Crippen LogP contribution in [0.3, 0.4) is 0 Å². The van der Waals surface area contributed by atoms with Gasteiger partial charge in [0, 0.05) is 9.50 Å². The van der Waals surface area contributed by atoms with Crippen molar-refractivity contribution < 1.29 is 63.8 Å². The fourth-order valence-electron chi connectivity index (χ4n) is 11.4. The van der Waals surface area contributed by atoms with Crippen molar-refractivity contribution >= 4 is 65.8 Å². The molecule has 0 aromatic heterocycles. The van der Waals surface area contributed by atoms with Crippen LogP contribution in [0.25, 0.3) is 10.8 Å². The minimum atomic E-state index is -0.375. The van der Waals surface area contributed by atoms with Gasteiger partial charge in [0.25, 0.3) is 0 Å². The third kappa shape index (κ3) is 51.8. The largest absolute Gasteiger partial charge is 1.00 e. The molecule has 0 aliphatic heterocycles. The molecule has 9 rings (SSSR count). The average molecular weight is 1710 g/mol. The Bertz CT molecular complexity index is 3860. The van der Waals surface area contributed by atoms with Crippen molar-refractivity contribution in [2.24, 2.45) is 0 Å². The minimum absolute atomic E-state index is 0. The first-order chi connectivity index (χ1) is 49.7. The number of benzene rings is 9. The number of nitriles is 2. The number of fused-ring (bicyclic) bond motifs is 1. The minimum Gasteiger partial charge on any atom is -0.385 e. The van der Waals surface area contributed by atoms with Crippen LogP contribution in [0.2, 0.25) is 5.02 Å². The van der Waals surface area contributed by atoms with E-state index in [9.17, 15) is 8.78 Å². The summed E-state index contributed by atoms with van der Waals surface area (Å²) in [5, 5.41) is 49.2. The maximum Gasteiger partial charge on any atom is 1.00 e. The first-order valence-electron chi connectivity index (χ1n) is 36.4. The van der Waals surface area contributed by atoms with Gasteiger partial charge in [-0.25, -0.2) is 13.7 Å². The Balaban J connectivity index is -0.000000177. The van der Waals surface area contributed by atoms with E-state index in [0.29, 0.717) is 54.0 Å². The molecule has 0 atom stereocenters. The predicted octanol–water partition coefficient (Wildman–Crippen LogP) is 28.2. The fraction of sp³-hybridized carbons (Fsp3) is 0.433. The van der Waals surface area contributed by atoms with Crippen LogP contribution in [-0.4, -0.2) is 45.4 Å². The average Bonchev–Trinajstić information content (AvgIpc) is 0.814. The standard InChI is InChI=1S/C14H16.C11H15F.C11H13N.C11H16.C10H13Br.C10H13Cl.C10H13F.C10H14.C2H3NO.C2H6O2.CH3BrO.CH3ClO.3CH4.CH3.Na/c1-10(2)14-9-13-7-5-4-6-12(13)8-11(14)3;1-7(2)10-6-11(12)9(4)5-8(10)3;1-8(2)11-5-4-10(7-12)6-9(11)3;1-8(2)11-6-5-9(3)7-10(11)4;2*1-7(2)10-5-4-9(11)6-8(10)3;1-7(2)10-6-9(11)5-4-8(10)3;1-8(2)10-7-5-4-6-9(10)3;3-1-2-4;1-2-4-3;2*2-1-3;;;;;/h4-10H,1-3H3;5-7H,1-4H3;4-6,8H,1-3H3;5-8H,1-4H3;3*4-7H,1-3H3;4-8H,1-3H3;4H,2H2;3H,2H2,1H3;2*3H,1H2;3*1H4;1H3;/q;;;;;;;;;;;;;;;-1;+1. The van der Waals surface area contributed by atoms with Gasteiger partial charge in [0.05, 0.1) is 29.8 Å². The summed E-state index contributed by atoms with van der Waals surface area (Å²) in [6.45, 7) is 57.4. The number of hydrogen-bond acceptors (Lipinski definition) is 7. The first-order valence-corrected chi connectivity index (χ1v) is 39.2. The molecule has 0 radical (unpaired) electrons. The van der Waals surface area contributed by atoms with E-state index in [1.54, 1.807) is 26.0 Å². The number of aryl methyl sites for hydroxylation is 10. The summed E-state index contributed by atoms with van der Waals surface area (Å²) >= 11 is 16.5. The van der Waals surface area contributed by atoms with E-state index in [4.69, 9.17) is 42.7 Å². The maximum absolute atomic E-state index is 13.1. The van der Waals surface area contributed by atoms with Gasteiger partial charge in [0.2, 0.25) is 0 Å². The molecule has 0 spiro atoms. The zero-order valence-electron chi connectivity index (χ0n) is 70.9. The summed E-state index contributed by atoms with van der Waals surface area (Å²) in [7, 11) is 0. The van der Waals surface area contributed by atoms with Crippen molar-refractivity contribution in [1.29, 1.82) is 10.5 Å². The van der Waals surface area contributed by atoms with Crippen molar-refractivity contribution in [1.82, 2.24) is 0 Å². The van der Waals surface area contributed by atoms with E-state index < -0.39 is 0 Å². The fourth-order valence-corrected chi connectivity index (χ4v) is 12.1. The Kier molecular flexibility index (Phi) is 75.1. The molecule has 0 aliphatic carbocycles. The summed E-state index contributed by atoms with van der Waals surface area (Å²) in [6, 6.07) is 58.5. The maximum atomic E-state index is 13.1. The first kappa shape index (κ1) is 121. The molecule has 614 valence electrons. The van der Waals surface area contributed by atoms with Crippen LogP contribution >= 0.6 is 55.1 Å². The van der Waals surface area contributed by atoms with Crippen LogP contribution in [0, 0.1) is 111 Å². The van der Waals surface area contributed by atoms with Gasteiger partial charge in [-0.05, 0) is 283 Å². The third-order valence-electron chi connectivity index (χ3n) is 16.6. The van der Waals surface area contributed by atoms with Crippen LogP contribution in [0.4, 0.5) is 8.78 Å². The molecule has 0 aliphatic rings. The molecule has 9 aromatic carbocycles. The normalized spacial score (nSPS) is 9.58. The number of aliphatic hydroxyl groups is 3. The van der Waals surface area contributed by atoms with Crippen LogP contribution < -0.4 is 29.6 Å². The van der Waals surface area contributed by atoms with E-state index in [2.05, 4.69) is 317 Å². The third-order valence-corrected chi connectivity index (χ3v) is 17.3. The SMILES string of the molecule is C.C.C.CCOO.Cc1cc(Br)ccc1C(C)C.Cc1cc(C#N)ccc1C(C)C.Cc1cc(C)c(C(C)C)cc1F.Cc1cc(Cl)ccc1C(C)C.Cc1cc2ccccc2cc1C(C)C.Cc1ccc(C(C)C)c(C)c1.Cc1ccc(F)cc1C(C)C.Cc1ccccc1C(C)C.N#CCO.OCBr.OCCl.[CH3-].[Na+]. The molecular weight excluding hydrogens is 1560 g/mol. The molecule has 9 aromatic rings. The number of alkyl halides is 2. The predicted molar refractivity (Wildman–Crippen MR) is 489 cm³/mol. The molecule has 7 nitrogen and oxygen atoms in total. The Morgan fingerprint density at radius 1 is 0.414 bits per heavy atom. The van der Waals surface area contributed by atoms with Gasteiger partial charge in [0.1, 0.15) is 24.3 Å². The molecule has 4 N–H and O–H groups in total. The molecule has 0 amide bonds. The van der Waals surface area contributed by atoms with E-state index in [1.165, 1.54) is 111 Å². The summed E-state index contributed by atoms with van der Waals surface area (Å²) < 4.78 is 27.0. The van der Waals surface area contributed by atoms with Gasteiger partial charge < -0.3 is 22.7 Å². The zero-order valence-corrected chi connectivity index (χ0v) is 77.6. The van der Waals surface area contributed by atoms with Gasteiger partial charge in [-0.3, -0.25) is 5.26 Å². The van der Waals surface area contributed by atoms with Gasteiger partial charge in [-0.1, -0.05) is 303 Å². The summed E-state index contributed by atoms with van der Waals surface area (Å²) in [5.41, 5.74) is 24.1. The molecule has 14 heteroatoms. The number of nitrogens with zero attached hydrogens (tertiary/aromatic N) is 2. The zero-order chi connectivity index (χ0) is 82.1. The van der Waals surface area contributed by atoms with E-state index in [1.807, 2.05) is 56.3 Å². The smallest absolute Gasteiger partial charge is 0.385 e. The quantitative estimate of drug-likeness (QED) is 0.0282. The summed E-state index contributed by atoms with van der Waals surface area (Å²) in [6.07, 6.45) is 0. The van der Waals surface area contributed by atoms with Crippen molar-refractivity contribution in [3.63, 3.8) is 0 Å². The Morgan fingerprint density at radius 2 is 0.739 bits per heavy atom. The molecule has 0 saturated heterocycles. The number of rotatable bonds is 9. The van der Waals surface area contributed by atoms with Gasteiger partial charge in [-0.2, -0.15) is 10.5 Å². The van der Waals surface area contributed by atoms with E-state index in [-0.39, 0.29) is 89.1 Å². The second-order valence-corrected chi connectivity index (χ2v) is 30.2. The summed E-state index contributed by atoms with van der Waals surface area (Å²) in [4.78, 5) is 3.54. The topological polar surface area (TPSA) is 138 Å². The Labute approximate surface area is 725 Å². The van der Waals surface area contributed by atoms with E-state index >= 15 is 0 Å². The van der Waals surface area contributed by atoms with Gasteiger partial charge >= 0.3 is 29.6 Å². The van der Waals surface area contributed by atoms with Gasteiger partial charge in [0.15, 0.2) is 0 Å². The number of aliphatic hydroxyl groups excluding tert-OH is 3. The monoisotopic (exact) mass is 1700 g/mol. The van der Waals surface area contributed by atoms with Crippen LogP contribution in [0.5, 0.6) is 0 Å².